The average molecular weight is 327 g/mol. The molecule has 122 valence electrons. The van der Waals surface area contributed by atoms with Gasteiger partial charge in [0.25, 0.3) is 5.56 Å². The number of benzene rings is 1. The molecule has 1 aliphatic rings. The van der Waals surface area contributed by atoms with E-state index in [0.29, 0.717) is 24.7 Å². The van der Waals surface area contributed by atoms with Crippen LogP contribution in [0.15, 0.2) is 34.0 Å². The third kappa shape index (κ3) is 2.67. The van der Waals surface area contributed by atoms with Gasteiger partial charge in [-0.1, -0.05) is 0 Å². The third-order valence-corrected chi connectivity index (χ3v) is 3.62. The van der Waals surface area contributed by atoms with Crippen LogP contribution >= 0.6 is 0 Å². The van der Waals surface area contributed by atoms with E-state index >= 15 is 0 Å². The van der Waals surface area contributed by atoms with Crippen molar-refractivity contribution in [3.63, 3.8) is 0 Å². The molecule has 0 unspecified atom stereocenters. The average Bonchev–Trinajstić information content (AvgIpc) is 2.61. The largest absolute Gasteiger partial charge is 0.486 e. The minimum absolute atomic E-state index is 0.202. The molecule has 2 heterocycles. The van der Waals surface area contributed by atoms with Crippen molar-refractivity contribution in [3.05, 3.63) is 56.4 Å². The van der Waals surface area contributed by atoms with Gasteiger partial charge in [0.15, 0.2) is 17.3 Å². The highest BCUT2D eigenvalue weighted by atomic mass is 16.6. The van der Waals surface area contributed by atoms with Crippen molar-refractivity contribution in [2.75, 3.05) is 13.2 Å². The summed E-state index contributed by atoms with van der Waals surface area (Å²) in [4.78, 5) is 36.6. The Bertz CT molecular complexity index is 981. The molecular formula is C16H13N3O5. The van der Waals surface area contributed by atoms with Crippen molar-refractivity contribution in [1.29, 1.82) is 5.26 Å². The van der Waals surface area contributed by atoms with E-state index in [1.807, 2.05) is 0 Å². The SMILES string of the molecule is Cn1cc(C#N)c(=O)n(CC(=O)c2ccc3c(c2)OCCO3)c1=O. The monoisotopic (exact) mass is 327 g/mol. The van der Waals surface area contributed by atoms with Gasteiger partial charge in [-0.2, -0.15) is 5.26 Å². The summed E-state index contributed by atoms with van der Waals surface area (Å²) in [5.41, 5.74) is -1.36. The molecule has 0 fully saturated rings. The first-order valence-electron chi connectivity index (χ1n) is 7.14. The maximum atomic E-state index is 12.4. The molecule has 8 heteroatoms. The Morgan fingerprint density at radius 1 is 1.25 bits per heavy atom. The molecule has 0 spiro atoms. The van der Waals surface area contributed by atoms with Crippen LogP contribution in [0.25, 0.3) is 0 Å². The van der Waals surface area contributed by atoms with Crippen molar-refractivity contribution < 1.29 is 14.3 Å². The minimum atomic E-state index is -0.786. The van der Waals surface area contributed by atoms with Crippen LogP contribution in [0, 0.1) is 11.3 Å². The smallest absolute Gasteiger partial charge is 0.331 e. The fourth-order valence-corrected chi connectivity index (χ4v) is 2.39. The standard InChI is InChI=1S/C16H13N3O5/c1-18-8-11(7-17)15(21)19(16(18)22)9-12(20)10-2-3-13-14(6-10)24-5-4-23-13/h2-3,6,8H,4-5,9H2,1H3. The van der Waals surface area contributed by atoms with E-state index in [0.717, 1.165) is 15.3 Å². The lowest BCUT2D eigenvalue weighted by atomic mass is 10.1. The van der Waals surface area contributed by atoms with Crippen LogP contribution in [-0.2, 0) is 13.6 Å². The quantitative estimate of drug-likeness (QED) is 0.739. The number of hydrogen-bond donors (Lipinski definition) is 0. The molecule has 1 aromatic heterocycles. The predicted molar refractivity (Wildman–Crippen MR) is 82.4 cm³/mol. The summed E-state index contributed by atoms with van der Waals surface area (Å²) in [6.45, 7) is 0.363. The second-order valence-corrected chi connectivity index (χ2v) is 5.22. The minimum Gasteiger partial charge on any atom is -0.486 e. The number of carbonyl (C=O) groups excluding carboxylic acids is 1. The number of aromatic nitrogens is 2. The molecule has 2 aromatic rings. The normalized spacial score (nSPS) is 12.5. The molecule has 0 amide bonds. The summed E-state index contributed by atoms with van der Waals surface area (Å²) in [5.74, 6) is 0.539. The molecule has 0 bridgehead atoms. The van der Waals surface area contributed by atoms with Gasteiger partial charge in [0.1, 0.15) is 24.8 Å². The van der Waals surface area contributed by atoms with Crippen molar-refractivity contribution in [3.8, 4) is 17.6 Å². The van der Waals surface area contributed by atoms with Crippen LogP contribution in [0.3, 0.4) is 0 Å². The molecular weight excluding hydrogens is 314 g/mol. The number of rotatable bonds is 3. The number of ether oxygens (including phenoxy) is 2. The Hall–Kier alpha value is -3.34. The number of fused-ring (bicyclic) bond motifs is 1. The highest BCUT2D eigenvalue weighted by molar-refractivity contribution is 5.96. The summed E-state index contributed by atoms with van der Waals surface area (Å²) in [7, 11) is 1.41. The Balaban J connectivity index is 1.97. The maximum Gasteiger partial charge on any atom is 0.331 e. The van der Waals surface area contributed by atoms with Crippen LogP contribution in [0.2, 0.25) is 0 Å². The number of Topliss-reactive ketones (excluding diaryl/α,β-unsaturated/α-hetero) is 1. The van der Waals surface area contributed by atoms with E-state index in [1.54, 1.807) is 18.2 Å². The molecule has 3 rings (SSSR count). The van der Waals surface area contributed by atoms with E-state index in [1.165, 1.54) is 13.1 Å². The van der Waals surface area contributed by atoms with Gasteiger partial charge in [0.05, 0.1) is 6.54 Å². The van der Waals surface area contributed by atoms with Crippen molar-refractivity contribution in [2.45, 2.75) is 6.54 Å². The van der Waals surface area contributed by atoms with Gasteiger partial charge in [0, 0.05) is 18.8 Å². The number of ketones is 1. The van der Waals surface area contributed by atoms with Gasteiger partial charge in [-0.15, -0.1) is 0 Å². The molecule has 0 N–H and O–H groups in total. The molecule has 0 aliphatic carbocycles. The summed E-state index contributed by atoms with van der Waals surface area (Å²) in [5, 5.41) is 8.95. The van der Waals surface area contributed by atoms with Crippen LogP contribution < -0.4 is 20.7 Å². The first-order chi connectivity index (χ1) is 11.5. The zero-order valence-corrected chi connectivity index (χ0v) is 12.8. The zero-order valence-electron chi connectivity index (χ0n) is 12.8. The van der Waals surface area contributed by atoms with Gasteiger partial charge in [-0.05, 0) is 18.2 Å². The van der Waals surface area contributed by atoms with Gasteiger partial charge in [0.2, 0.25) is 0 Å². The fourth-order valence-electron chi connectivity index (χ4n) is 2.39. The Morgan fingerprint density at radius 3 is 2.67 bits per heavy atom. The molecule has 1 aliphatic heterocycles. The summed E-state index contributed by atoms with van der Waals surface area (Å²) >= 11 is 0. The first-order valence-corrected chi connectivity index (χ1v) is 7.14. The number of carbonyl (C=O) groups is 1. The van der Waals surface area contributed by atoms with Crippen LogP contribution in [0.5, 0.6) is 11.5 Å². The molecule has 1 aromatic carbocycles. The topological polar surface area (TPSA) is 103 Å². The molecule has 8 nitrogen and oxygen atoms in total. The van der Waals surface area contributed by atoms with Crippen LogP contribution in [0.4, 0.5) is 0 Å². The first kappa shape index (κ1) is 15.6. The summed E-state index contributed by atoms with van der Waals surface area (Å²) in [6, 6.07) is 6.38. The maximum absolute atomic E-state index is 12.4. The fraction of sp³-hybridized carbons (Fsp3) is 0.250. The number of hydrogen-bond acceptors (Lipinski definition) is 6. The zero-order chi connectivity index (χ0) is 17.3. The molecule has 0 radical (unpaired) electrons. The number of nitriles is 1. The number of aryl methyl sites for hydroxylation is 1. The second kappa shape index (κ2) is 6.04. The highest BCUT2D eigenvalue weighted by Crippen LogP contribution is 2.30. The Morgan fingerprint density at radius 2 is 1.96 bits per heavy atom. The van der Waals surface area contributed by atoms with Crippen LogP contribution in [0.1, 0.15) is 15.9 Å². The highest BCUT2D eigenvalue weighted by Gasteiger charge is 2.17. The van der Waals surface area contributed by atoms with Crippen molar-refractivity contribution >= 4 is 5.78 Å². The van der Waals surface area contributed by atoms with Gasteiger partial charge in [-0.3, -0.25) is 14.2 Å². The Labute approximate surface area is 136 Å². The van der Waals surface area contributed by atoms with Crippen molar-refractivity contribution in [1.82, 2.24) is 9.13 Å². The predicted octanol–water partition coefficient (Wildman–Crippen LogP) is 0.0728. The van der Waals surface area contributed by atoms with Crippen molar-refractivity contribution in [2.24, 2.45) is 7.05 Å². The van der Waals surface area contributed by atoms with E-state index in [4.69, 9.17) is 14.7 Å². The van der Waals surface area contributed by atoms with Gasteiger partial charge in [-0.25, -0.2) is 4.79 Å². The molecule has 0 saturated carbocycles. The Kier molecular flexibility index (Phi) is 3.92. The van der Waals surface area contributed by atoms with E-state index in [-0.39, 0.29) is 11.1 Å². The lowest BCUT2D eigenvalue weighted by molar-refractivity contribution is 0.0967. The second-order valence-electron chi connectivity index (χ2n) is 5.22. The summed E-state index contributed by atoms with van der Waals surface area (Å²) < 4.78 is 12.6. The van der Waals surface area contributed by atoms with E-state index in [9.17, 15) is 14.4 Å². The van der Waals surface area contributed by atoms with Gasteiger partial charge < -0.3 is 14.0 Å². The lowest BCUT2D eigenvalue weighted by Gasteiger charge is -2.18. The molecule has 24 heavy (non-hydrogen) atoms. The lowest BCUT2D eigenvalue weighted by Crippen LogP contribution is -2.41. The van der Waals surface area contributed by atoms with E-state index in [2.05, 4.69) is 0 Å². The van der Waals surface area contributed by atoms with Gasteiger partial charge >= 0.3 is 5.69 Å². The number of nitrogens with zero attached hydrogens (tertiary/aromatic N) is 3. The van der Waals surface area contributed by atoms with E-state index < -0.39 is 23.6 Å². The summed E-state index contributed by atoms with van der Waals surface area (Å²) in [6.07, 6.45) is 1.15. The third-order valence-electron chi connectivity index (χ3n) is 3.62. The van der Waals surface area contributed by atoms with Crippen LogP contribution in [-0.4, -0.2) is 28.1 Å². The molecule has 0 atom stereocenters. The molecule has 0 saturated heterocycles.